The zero-order valence-corrected chi connectivity index (χ0v) is 39.4. The summed E-state index contributed by atoms with van der Waals surface area (Å²) >= 11 is -5.61. The van der Waals surface area contributed by atoms with Crippen molar-refractivity contribution in [1.29, 1.82) is 0 Å². The van der Waals surface area contributed by atoms with Gasteiger partial charge in [-0.3, -0.25) is 0 Å². The average molecular weight is 923 g/mol. The van der Waals surface area contributed by atoms with E-state index in [1.807, 2.05) is 36.8 Å². The van der Waals surface area contributed by atoms with E-state index in [1.54, 1.807) is 14.2 Å². The molecule has 0 radical (unpaired) electrons. The van der Waals surface area contributed by atoms with Crippen molar-refractivity contribution in [2.24, 2.45) is 0 Å². The molecule has 2 unspecified atom stereocenters. The molecule has 2 aliphatic carbocycles. The van der Waals surface area contributed by atoms with Gasteiger partial charge < -0.3 is 0 Å². The number of benzene rings is 6. The molecule has 0 fully saturated rings. The number of ether oxygens (including phenoxy) is 2. The average Bonchev–Trinajstić information content (AvgIpc) is 4.06. The Bertz CT molecular complexity index is 3010. The standard InChI is InChI=1S/2C25H19O2.C2H6Si.2ClH.Zr/c2*1-16-11-12-17-13-19(25-20-8-4-3-7-18(20)15-27-25)14-22(17)24(16)21-9-5-6-10-23(21)26-2;1-3-2;;;/h2*3-15H,1-2H3;1-2H3;2*1H;/q;;;;;+2/p-2. The van der Waals surface area contributed by atoms with Gasteiger partial charge in [0.05, 0.1) is 0 Å². The van der Waals surface area contributed by atoms with Gasteiger partial charge in [-0.25, -0.2) is 0 Å². The third-order valence-electron chi connectivity index (χ3n) is 13.1. The number of rotatable bonds is 8. The zero-order valence-electron chi connectivity index (χ0n) is 34.4. The summed E-state index contributed by atoms with van der Waals surface area (Å²) in [5, 5.41) is 4.15. The van der Waals surface area contributed by atoms with E-state index in [2.05, 4.69) is 136 Å². The number of methoxy groups -OCH3 is 2. The first-order chi connectivity index (χ1) is 29.0. The predicted molar refractivity (Wildman–Crippen MR) is 249 cm³/mol. The minimum atomic E-state index is -5.61. The van der Waals surface area contributed by atoms with E-state index in [4.69, 9.17) is 35.3 Å². The molecule has 2 aliphatic rings. The molecule has 2 atom stereocenters. The summed E-state index contributed by atoms with van der Waals surface area (Å²) in [4.78, 5) is 0. The third kappa shape index (κ3) is 5.71. The summed E-state index contributed by atoms with van der Waals surface area (Å²) in [6, 6.07) is 42.3. The number of hydrogen-bond acceptors (Lipinski definition) is 4. The molecular weight excluding hydrogens is 879 g/mol. The molecule has 0 saturated carbocycles. The van der Waals surface area contributed by atoms with Crippen LogP contribution in [0.3, 0.4) is 0 Å². The molecule has 0 N–H and O–H groups in total. The Morgan fingerprint density at radius 3 is 1.35 bits per heavy atom. The Hall–Kier alpha value is -4.84. The van der Waals surface area contributed by atoms with Crippen molar-refractivity contribution >= 4 is 67.3 Å². The van der Waals surface area contributed by atoms with Crippen LogP contribution in [0.15, 0.2) is 143 Å². The van der Waals surface area contributed by atoms with Gasteiger partial charge in [0.15, 0.2) is 0 Å². The quantitative estimate of drug-likeness (QED) is 0.142. The van der Waals surface area contributed by atoms with E-state index in [9.17, 15) is 0 Å². The van der Waals surface area contributed by atoms with E-state index in [0.29, 0.717) is 0 Å². The fraction of sp³-hybridized carbons (Fsp3) is 0.154. The molecule has 0 aliphatic heterocycles. The predicted octanol–water partition coefficient (Wildman–Crippen LogP) is 15.3. The molecule has 8 aromatic rings. The molecule has 60 heavy (non-hydrogen) atoms. The number of aryl methyl sites for hydroxylation is 2. The molecule has 8 heteroatoms. The van der Waals surface area contributed by atoms with Crippen molar-refractivity contribution in [3.63, 3.8) is 0 Å². The number of furan rings is 2. The van der Waals surface area contributed by atoms with Crippen LogP contribution in [0, 0.1) is 13.8 Å². The molecule has 0 spiro atoms. The summed E-state index contributed by atoms with van der Waals surface area (Å²) in [5.74, 6) is 3.25. The van der Waals surface area contributed by atoms with Crippen LogP contribution in [-0.2, 0) is 15.0 Å². The molecule has 6 aromatic carbocycles. The Labute approximate surface area is 358 Å². The minimum absolute atomic E-state index is 0.339. The second-order valence-electron chi connectivity index (χ2n) is 16.4. The first kappa shape index (κ1) is 39.3. The monoisotopic (exact) mass is 920 g/mol. The summed E-state index contributed by atoms with van der Waals surface area (Å²) in [6.07, 6.45) is 8.39. The molecule has 2 aromatic heterocycles. The van der Waals surface area contributed by atoms with Crippen LogP contribution in [0.1, 0.15) is 52.2 Å². The fourth-order valence-corrected chi connectivity index (χ4v) is 37.9. The topological polar surface area (TPSA) is 44.7 Å². The van der Waals surface area contributed by atoms with Crippen LogP contribution < -0.4 is 9.47 Å². The Morgan fingerprint density at radius 2 is 0.933 bits per heavy atom. The first-order valence-corrected chi connectivity index (χ1v) is 35.7. The van der Waals surface area contributed by atoms with Gasteiger partial charge in [0, 0.05) is 0 Å². The van der Waals surface area contributed by atoms with Gasteiger partial charge in [-0.2, -0.15) is 0 Å². The molecule has 10 rings (SSSR count). The Kier molecular flexibility index (Phi) is 9.61. The van der Waals surface area contributed by atoms with Crippen molar-refractivity contribution in [3.8, 4) is 33.8 Å². The van der Waals surface area contributed by atoms with Crippen LogP contribution in [0.2, 0.25) is 13.1 Å². The van der Waals surface area contributed by atoms with Gasteiger partial charge in [0.1, 0.15) is 0 Å². The number of fused-ring (bicyclic) bond motifs is 4. The molecular formula is C52H44Cl2O4SiZr. The zero-order chi connectivity index (χ0) is 41.5. The first-order valence-electron chi connectivity index (χ1n) is 20.3. The summed E-state index contributed by atoms with van der Waals surface area (Å²) in [7, 11) is 21.7. The molecule has 2 heterocycles. The van der Waals surface area contributed by atoms with Gasteiger partial charge in [-0.05, 0) is 0 Å². The third-order valence-corrected chi connectivity index (χ3v) is 59.4. The number of para-hydroxylation sites is 2. The van der Waals surface area contributed by atoms with Gasteiger partial charge in [-0.15, -0.1) is 0 Å². The van der Waals surface area contributed by atoms with Crippen LogP contribution in [-0.4, -0.2) is 19.7 Å². The SMILES string of the molecule is COc1ccccc1-c1c(C)ccc2c1C=C(c1occ3ccccc13)[CH]2[Zr]([Cl])([Cl])([CH]1C(c2occ3ccccc23)=Cc2c1ccc(C)c2-c1ccccc1OC)=[Si](C)C. The number of hydrogen-bond donors (Lipinski definition) is 0. The van der Waals surface area contributed by atoms with Gasteiger partial charge in [0.25, 0.3) is 0 Å². The Morgan fingerprint density at radius 1 is 0.533 bits per heavy atom. The number of allylic oxidation sites excluding steroid dienone is 2. The molecule has 0 amide bonds. The van der Waals surface area contributed by atoms with Crippen LogP contribution in [0.4, 0.5) is 0 Å². The summed E-state index contributed by atoms with van der Waals surface area (Å²) in [6.45, 7) is 9.02. The fourth-order valence-electron chi connectivity index (χ4n) is 10.2. The number of halogens is 2. The normalized spacial score (nSPS) is 16.1. The van der Waals surface area contributed by atoms with E-state index in [0.717, 1.165) is 111 Å². The second-order valence-corrected chi connectivity index (χ2v) is 55.2. The second kappa shape index (κ2) is 14.7. The Balaban J connectivity index is 1.33. The van der Waals surface area contributed by atoms with E-state index in [-0.39, 0.29) is 7.25 Å². The summed E-state index contributed by atoms with van der Waals surface area (Å²) in [5.41, 5.74) is 11.6. The van der Waals surface area contributed by atoms with Crippen molar-refractivity contribution in [3.05, 3.63) is 179 Å². The van der Waals surface area contributed by atoms with Gasteiger partial charge in [-0.1, -0.05) is 0 Å². The van der Waals surface area contributed by atoms with Crippen LogP contribution >= 0.6 is 17.0 Å². The molecule has 0 saturated heterocycles. The van der Waals surface area contributed by atoms with Crippen molar-refractivity contribution in [1.82, 2.24) is 0 Å². The maximum atomic E-state index is 9.12. The molecule has 298 valence electrons. The molecule has 0 bridgehead atoms. The van der Waals surface area contributed by atoms with Crippen LogP contribution in [0.25, 0.3) is 67.1 Å². The molecule has 4 nitrogen and oxygen atoms in total. The van der Waals surface area contributed by atoms with E-state index in [1.165, 1.54) is 0 Å². The van der Waals surface area contributed by atoms with Gasteiger partial charge >= 0.3 is 362 Å². The van der Waals surface area contributed by atoms with E-state index >= 15 is 0 Å². The van der Waals surface area contributed by atoms with Gasteiger partial charge in [0.2, 0.25) is 0 Å². The van der Waals surface area contributed by atoms with Crippen LogP contribution in [0.5, 0.6) is 11.5 Å². The van der Waals surface area contributed by atoms with Crippen molar-refractivity contribution in [2.75, 3.05) is 14.2 Å². The van der Waals surface area contributed by atoms with E-state index < -0.39 is 20.4 Å². The van der Waals surface area contributed by atoms with Crippen molar-refractivity contribution in [2.45, 2.75) is 34.2 Å². The van der Waals surface area contributed by atoms with Crippen molar-refractivity contribution < 1.29 is 33.3 Å². The summed E-state index contributed by atoms with van der Waals surface area (Å²) < 4.78 is 24.7. The maximum absolute atomic E-state index is 9.12.